The second-order valence-corrected chi connectivity index (χ2v) is 12.1. The average Bonchev–Trinajstić information content (AvgIpc) is 3.19. The van der Waals surface area contributed by atoms with E-state index in [1.165, 1.54) is 5.69 Å². The number of hydrogen-bond acceptors (Lipinski definition) is 6. The van der Waals surface area contributed by atoms with E-state index >= 15 is 0 Å². The molecule has 39 heavy (non-hydrogen) atoms. The van der Waals surface area contributed by atoms with Gasteiger partial charge >= 0.3 is 12.2 Å². The molecule has 0 unspecified atom stereocenters. The molecule has 2 amide bonds. The highest BCUT2D eigenvalue weighted by Crippen LogP contribution is 2.36. The Morgan fingerprint density at radius 3 is 2.23 bits per heavy atom. The van der Waals surface area contributed by atoms with Crippen LogP contribution in [0, 0.1) is 5.92 Å². The first-order valence-corrected chi connectivity index (χ1v) is 14.3. The molecule has 210 valence electrons. The van der Waals surface area contributed by atoms with Crippen LogP contribution >= 0.6 is 0 Å². The summed E-state index contributed by atoms with van der Waals surface area (Å²) < 4.78 is 11.1. The van der Waals surface area contributed by atoms with Crippen LogP contribution in [0.3, 0.4) is 0 Å². The van der Waals surface area contributed by atoms with Crippen LogP contribution in [0.5, 0.6) is 0 Å². The van der Waals surface area contributed by atoms with Gasteiger partial charge in [-0.3, -0.25) is 0 Å². The number of piperidine rings is 1. The Hall–Kier alpha value is -3.42. The van der Waals surface area contributed by atoms with Gasteiger partial charge in [0.2, 0.25) is 0 Å². The first kappa shape index (κ1) is 27.2. The molecule has 3 aliphatic rings. The van der Waals surface area contributed by atoms with Crippen molar-refractivity contribution in [3.63, 3.8) is 0 Å². The highest BCUT2D eigenvalue weighted by Gasteiger charge is 2.42. The Morgan fingerprint density at radius 2 is 1.56 bits per heavy atom. The van der Waals surface area contributed by atoms with Gasteiger partial charge in [0.25, 0.3) is 0 Å². The predicted molar refractivity (Wildman–Crippen MR) is 153 cm³/mol. The van der Waals surface area contributed by atoms with Gasteiger partial charge in [0.1, 0.15) is 12.2 Å². The molecule has 8 nitrogen and oxygen atoms in total. The molecular formula is C31H42N4O4. The van der Waals surface area contributed by atoms with E-state index in [-0.39, 0.29) is 12.2 Å². The number of fused-ring (bicyclic) bond motifs is 2. The zero-order chi connectivity index (χ0) is 27.4. The minimum Gasteiger partial charge on any atom is -0.445 e. The lowest BCUT2D eigenvalue weighted by molar-refractivity contribution is 0.0209. The van der Waals surface area contributed by atoms with Crippen molar-refractivity contribution in [2.24, 2.45) is 5.92 Å². The standard InChI is InChI=1S/C31H42N4O4/c1-31(2,3)39-30(37)34-20-27-12-13-28(21-34)35(27)26-11-7-10-25(18-26)32-19-23-14-16-33(17-15-23)29(36)38-22-24-8-5-4-6-9-24/h4-11,18,23,27-28,32H,12-17,19-22H2,1-3H3/t27-,28+. The number of carbonyl (C=O) groups excluding carboxylic acids is 2. The minimum atomic E-state index is -0.477. The molecule has 2 aromatic carbocycles. The van der Waals surface area contributed by atoms with Gasteiger partial charge in [-0.2, -0.15) is 0 Å². The molecule has 1 N–H and O–H groups in total. The van der Waals surface area contributed by atoms with Crippen LogP contribution in [-0.4, -0.2) is 72.4 Å². The summed E-state index contributed by atoms with van der Waals surface area (Å²) in [5, 5.41) is 3.64. The number of ether oxygens (including phenoxy) is 2. The van der Waals surface area contributed by atoms with Crippen molar-refractivity contribution in [3.8, 4) is 0 Å². The molecule has 0 spiro atoms. The van der Waals surface area contributed by atoms with E-state index in [1.807, 2.05) is 60.9 Å². The summed E-state index contributed by atoms with van der Waals surface area (Å²) >= 11 is 0. The molecule has 2 bridgehead atoms. The third-order valence-electron chi connectivity index (χ3n) is 7.95. The number of amides is 2. The van der Waals surface area contributed by atoms with E-state index in [9.17, 15) is 9.59 Å². The Balaban J connectivity index is 1.08. The Bertz CT molecular complexity index is 1110. The van der Waals surface area contributed by atoms with E-state index in [4.69, 9.17) is 9.47 Å². The van der Waals surface area contributed by atoms with Gasteiger partial charge in [-0.1, -0.05) is 36.4 Å². The lowest BCUT2D eigenvalue weighted by Gasteiger charge is -2.42. The van der Waals surface area contributed by atoms with Gasteiger partial charge in [-0.05, 0) is 76.1 Å². The Kier molecular flexibility index (Phi) is 8.19. The van der Waals surface area contributed by atoms with Crippen LogP contribution in [-0.2, 0) is 16.1 Å². The molecule has 3 fully saturated rings. The first-order valence-electron chi connectivity index (χ1n) is 14.3. The third kappa shape index (κ3) is 6.97. The quantitative estimate of drug-likeness (QED) is 0.510. The SMILES string of the molecule is CC(C)(C)OC(=O)N1C[C@H]2CC[C@@H](C1)N2c1cccc(NCC2CCN(C(=O)OCc3ccccc3)CC2)c1. The Morgan fingerprint density at radius 1 is 0.872 bits per heavy atom. The summed E-state index contributed by atoms with van der Waals surface area (Å²) in [6.45, 7) is 9.81. The fourth-order valence-electron chi connectivity index (χ4n) is 5.97. The summed E-state index contributed by atoms with van der Waals surface area (Å²) in [5.74, 6) is 0.514. The van der Waals surface area contributed by atoms with Crippen molar-refractivity contribution in [1.82, 2.24) is 9.80 Å². The lowest BCUT2D eigenvalue weighted by atomic mass is 9.97. The molecular weight excluding hydrogens is 492 g/mol. The van der Waals surface area contributed by atoms with Crippen LogP contribution in [0.15, 0.2) is 54.6 Å². The monoisotopic (exact) mass is 534 g/mol. The molecule has 0 radical (unpaired) electrons. The van der Waals surface area contributed by atoms with Crippen LogP contribution in [0.1, 0.15) is 52.0 Å². The number of likely N-dealkylation sites (tertiary alicyclic amines) is 2. The fourth-order valence-corrected chi connectivity index (χ4v) is 5.97. The zero-order valence-corrected chi connectivity index (χ0v) is 23.5. The van der Waals surface area contributed by atoms with E-state index in [0.29, 0.717) is 37.7 Å². The van der Waals surface area contributed by atoms with Crippen molar-refractivity contribution in [2.45, 2.75) is 70.7 Å². The van der Waals surface area contributed by atoms with Crippen LogP contribution in [0.25, 0.3) is 0 Å². The summed E-state index contributed by atoms with van der Waals surface area (Å²) in [6.07, 6.45) is 3.68. The summed E-state index contributed by atoms with van der Waals surface area (Å²) in [6, 6.07) is 19.1. The number of piperazine rings is 1. The predicted octanol–water partition coefficient (Wildman–Crippen LogP) is 5.74. The summed E-state index contributed by atoms with van der Waals surface area (Å²) in [4.78, 5) is 31.4. The molecule has 2 aromatic rings. The molecule has 3 aliphatic heterocycles. The number of carbonyl (C=O) groups is 2. The molecule has 8 heteroatoms. The number of nitrogens with one attached hydrogen (secondary N) is 1. The molecule has 3 heterocycles. The van der Waals surface area contributed by atoms with Gasteiger partial charge in [-0.25, -0.2) is 9.59 Å². The lowest BCUT2D eigenvalue weighted by Crippen LogP contribution is -2.56. The van der Waals surface area contributed by atoms with Crippen molar-refractivity contribution in [1.29, 1.82) is 0 Å². The first-order chi connectivity index (χ1) is 18.7. The van der Waals surface area contributed by atoms with Gasteiger partial charge in [0.05, 0.1) is 0 Å². The largest absolute Gasteiger partial charge is 0.445 e. The number of benzene rings is 2. The molecule has 0 saturated carbocycles. The van der Waals surface area contributed by atoms with E-state index in [0.717, 1.165) is 56.6 Å². The normalized spacial score (nSPS) is 21.6. The number of rotatable bonds is 6. The maximum atomic E-state index is 12.7. The number of hydrogen-bond donors (Lipinski definition) is 1. The maximum absolute atomic E-state index is 12.7. The molecule has 0 aliphatic carbocycles. The zero-order valence-electron chi connectivity index (χ0n) is 23.5. The molecule has 5 rings (SSSR count). The molecule has 3 saturated heterocycles. The summed E-state index contributed by atoms with van der Waals surface area (Å²) in [5.41, 5.74) is 2.86. The van der Waals surface area contributed by atoms with Crippen molar-refractivity contribution in [3.05, 3.63) is 60.2 Å². The van der Waals surface area contributed by atoms with Gasteiger partial charge < -0.3 is 29.5 Å². The maximum Gasteiger partial charge on any atom is 0.410 e. The van der Waals surface area contributed by atoms with E-state index in [2.05, 4.69) is 34.5 Å². The van der Waals surface area contributed by atoms with Gasteiger partial charge in [-0.15, -0.1) is 0 Å². The van der Waals surface area contributed by atoms with Crippen molar-refractivity contribution in [2.75, 3.05) is 42.9 Å². The highest BCUT2D eigenvalue weighted by atomic mass is 16.6. The second-order valence-electron chi connectivity index (χ2n) is 12.1. The fraction of sp³-hybridized carbons (Fsp3) is 0.548. The van der Waals surface area contributed by atoms with Crippen LogP contribution < -0.4 is 10.2 Å². The van der Waals surface area contributed by atoms with Crippen LogP contribution in [0.4, 0.5) is 21.0 Å². The topological polar surface area (TPSA) is 74.4 Å². The summed E-state index contributed by atoms with van der Waals surface area (Å²) in [7, 11) is 0. The van der Waals surface area contributed by atoms with Gasteiger partial charge in [0, 0.05) is 56.2 Å². The van der Waals surface area contributed by atoms with E-state index < -0.39 is 5.60 Å². The smallest absolute Gasteiger partial charge is 0.410 e. The second kappa shape index (κ2) is 11.8. The minimum absolute atomic E-state index is 0.204. The molecule has 2 atom stereocenters. The average molecular weight is 535 g/mol. The van der Waals surface area contributed by atoms with Crippen molar-refractivity contribution < 1.29 is 19.1 Å². The number of anilines is 2. The van der Waals surface area contributed by atoms with Crippen molar-refractivity contribution >= 4 is 23.6 Å². The highest BCUT2D eigenvalue weighted by molar-refractivity contribution is 5.70. The molecule has 0 aromatic heterocycles. The Labute approximate surface area is 232 Å². The third-order valence-corrected chi connectivity index (χ3v) is 7.95. The van der Waals surface area contributed by atoms with E-state index in [1.54, 1.807) is 0 Å². The van der Waals surface area contributed by atoms with Crippen LogP contribution in [0.2, 0.25) is 0 Å². The number of nitrogens with zero attached hydrogens (tertiary/aromatic N) is 3. The van der Waals surface area contributed by atoms with Gasteiger partial charge in [0.15, 0.2) is 0 Å².